The van der Waals surface area contributed by atoms with E-state index in [0.717, 1.165) is 0 Å². The lowest BCUT2D eigenvalue weighted by Gasteiger charge is -2.33. The van der Waals surface area contributed by atoms with Crippen LogP contribution in [0.1, 0.15) is 0 Å². The van der Waals surface area contributed by atoms with Crippen LogP contribution in [0.5, 0.6) is 11.5 Å². The lowest BCUT2D eigenvalue weighted by Crippen LogP contribution is -2.50. The smallest absolute Gasteiger partial charge is 0.409 e. The predicted octanol–water partition coefficient (Wildman–Crippen LogP) is 0.366. The highest BCUT2D eigenvalue weighted by Crippen LogP contribution is 2.27. The molecule has 1 amide bonds. The molecular weight excluding hydrogens is 362 g/mol. The molecule has 10 heteroatoms. The summed E-state index contributed by atoms with van der Waals surface area (Å²) in [6.45, 7) is 3.24. The van der Waals surface area contributed by atoms with E-state index < -0.39 is 10.0 Å². The van der Waals surface area contributed by atoms with Gasteiger partial charge in [-0.2, -0.15) is 0 Å². The van der Waals surface area contributed by atoms with Crippen molar-refractivity contribution in [2.75, 3.05) is 60.6 Å². The fourth-order valence-corrected chi connectivity index (χ4v) is 3.90. The Morgan fingerprint density at radius 1 is 1.12 bits per heavy atom. The second kappa shape index (κ2) is 9.06. The number of hydrogen-bond donors (Lipinski definition) is 1. The van der Waals surface area contributed by atoms with Crippen LogP contribution in [0.2, 0.25) is 0 Å². The van der Waals surface area contributed by atoms with Gasteiger partial charge in [0.15, 0.2) is 0 Å². The summed E-state index contributed by atoms with van der Waals surface area (Å²) >= 11 is 0. The fraction of sp³-hybridized carbons (Fsp3) is 0.562. The largest absolute Gasteiger partial charge is 0.497 e. The maximum atomic E-state index is 12.6. The molecular formula is C16H25N3O6S. The van der Waals surface area contributed by atoms with Gasteiger partial charge in [0.05, 0.1) is 21.3 Å². The second-order valence-electron chi connectivity index (χ2n) is 5.71. The van der Waals surface area contributed by atoms with Gasteiger partial charge in [0, 0.05) is 45.3 Å². The van der Waals surface area contributed by atoms with Crippen LogP contribution in [-0.4, -0.2) is 84.9 Å². The molecule has 0 saturated carbocycles. The molecule has 146 valence electrons. The van der Waals surface area contributed by atoms with E-state index in [1.54, 1.807) is 17.0 Å². The minimum Gasteiger partial charge on any atom is -0.497 e. The van der Waals surface area contributed by atoms with Crippen molar-refractivity contribution >= 4 is 16.1 Å². The summed E-state index contributed by atoms with van der Waals surface area (Å²) in [6, 6.07) is 4.62. The molecule has 0 aliphatic carbocycles. The van der Waals surface area contributed by atoms with E-state index in [-0.39, 0.29) is 23.3 Å². The number of nitrogens with one attached hydrogen (secondary N) is 1. The van der Waals surface area contributed by atoms with Crippen molar-refractivity contribution in [1.82, 2.24) is 14.5 Å². The van der Waals surface area contributed by atoms with Crippen LogP contribution in [0, 0.1) is 0 Å². The number of piperazine rings is 1. The van der Waals surface area contributed by atoms with E-state index in [9.17, 15) is 13.2 Å². The Kier molecular flexibility index (Phi) is 7.06. The molecule has 1 aromatic carbocycles. The molecule has 1 heterocycles. The number of ether oxygens (including phenoxy) is 3. The van der Waals surface area contributed by atoms with E-state index in [4.69, 9.17) is 14.2 Å². The highest BCUT2D eigenvalue weighted by atomic mass is 32.2. The maximum absolute atomic E-state index is 12.6. The summed E-state index contributed by atoms with van der Waals surface area (Å²) in [5.41, 5.74) is 0. The van der Waals surface area contributed by atoms with Crippen LogP contribution < -0.4 is 14.2 Å². The van der Waals surface area contributed by atoms with Crippen LogP contribution in [0.4, 0.5) is 4.79 Å². The number of hydrogen-bond acceptors (Lipinski definition) is 7. The zero-order valence-electron chi connectivity index (χ0n) is 15.2. The molecule has 1 fully saturated rings. The first-order valence-corrected chi connectivity index (χ1v) is 9.66. The first-order chi connectivity index (χ1) is 12.4. The SMILES string of the molecule is COC(=O)N1CCN(CCNS(=O)(=O)c2cc(OC)ccc2OC)CC1. The molecule has 1 N–H and O–H groups in total. The van der Waals surface area contributed by atoms with Crippen molar-refractivity contribution in [2.45, 2.75) is 4.90 Å². The Hall–Kier alpha value is -2.04. The molecule has 1 aromatic rings. The van der Waals surface area contributed by atoms with Gasteiger partial charge in [-0.15, -0.1) is 0 Å². The zero-order chi connectivity index (χ0) is 19.2. The summed E-state index contributed by atoms with van der Waals surface area (Å²) in [7, 11) is 0.517. The average molecular weight is 387 g/mol. The standard InChI is InChI=1S/C16H25N3O6S/c1-23-13-4-5-14(24-2)15(12-13)26(21,22)17-6-7-18-8-10-19(11-9-18)16(20)25-3/h4-5,12,17H,6-11H2,1-3H3. The monoisotopic (exact) mass is 387 g/mol. The highest BCUT2D eigenvalue weighted by Gasteiger charge is 2.23. The number of nitrogens with zero attached hydrogens (tertiary/aromatic N) is 2. The Balaban J connectivity index is 1.90. The molecule has 0 radical (unpaired) electrons. The van der Waals surface area contributed by atoms with Crippen LogP contribution in [0.3, 0.4) is 0 Å². The van der Waals surface area contributed by atoms with Crippen molar-refractivity contribution in [3.05, 3.63) is 18.2 Å². The van der Waals surface area contributed by atoms with E-state index in [1.807, 2.05) is 0 Å². The summed E-state index contributed by atoms with van der Waals surface area (Å²) in [5.74, 6) is 0.690. The van der Waals surface area contributed by atoms with Crippen molar-refractivity contribution in [2.24, 2.45) is 0 Å². The van der Waals surface area contributed by atoms with Crippen molar-refractivity contribution in [3.63, 3.8) is 0 Å². The molecule has 2 rings (SSSR count). The molecule has 9 nitrogen and oxygen atoms in total. The van der Waals surface area contributed by atoms with Gasteiger partial charge >= 0.3 is 6.09 Å². The minimum atomic E-state index is -3.73. The highest BCUT2D eigenvalue weighted by molar-refractivity contribution is 7.89. The molecule has 26 heavy (non-hydrogen) atoms. The molecule has 1 aliphatic heterocycles. The number of amides is 1. The van der Waals surface area contributed by atoms with Crippen LogP contribution in [-0.2, 0) is 14.8 Å². The molecule has 1 saturated heterocycles. The topological polar surface area (TPSA) is 97.4 Å². The van der Waals surface area contributed by atoms with Crippen molar-refractivity contribution in [3.8, 4) is 11.5 Å². The van der Waals surface area contributed by atoms with Gasteiger partial charge in [-0.25, -0.2) is 17.9 Å². The number of carbonyl (C=O) groups excluding carboxylic acids is 1. The number of benzene rings is 1. The molecule has 0 aromatic heterocycles. The molecule has 0 atom stereocenters. The zero-order valence-corrected chi connectivity index (χ0v) is 16.0. The number of rotatable bonds is 7. The Labute approximate surface area is 153 Å². The van der Waals surface area contributed by atoms with Gasteiger partial charge in [-0.1, -0.05) is 0 Å². The van der Waals surface area contributed by atoms with Gasteiger partial charge in [-0.05, 0) is 12.1 Å². The van der Waals surface area contributed by atoms with Gasteiger partial charge in [0.1, 0.15) is 16.4 Å². The normalized spacial score (nSPS) is 15.6. The van der Waals surface area contributed by atoms with Crippen molar-refractivity contribution in [1.29, 1.82) is 0 Å². The van der Waals surface area contributed by atoms with Gasteiger partial charge < -0.3 is 19.1 Å². The lowest BCUT2D eigenvalue weighted by atomic mass is 10.3. The molecule has 0 unspecified atom stereocenters. The summed E-state index contributed by atoms with van der Waals surface area (Å²) < 4.78 is 42.6. The minimum absolute atomic E-state index is 0.0369. The third-order valence-electron chi connectivity index (χ3n) is 4.19. The quantitative estimate of drug-likeness (QED) is 0.722. The Morgan fingerprint density at radius 2 is 1.81 bits per heavy atom. The Bertz CT molecular complexity index is 717. The average Bonchev–Trinajstić information content (AvgIpc) is 2.67. The van der Waals surface area contributed by atoms with E-state index in [1.165, 1.54) is 27.4 Å². The van der Waals surface area contributed by atoms with E-state index >= 15 is 0 Å². The van der Waals surface area contributed by atoms with Crippen LogP contribution in [0.15, 0.2) is 23.1 Å². The Morgan fingerprint density at radius 3 is 2.38 bits per heavy atom. The van der Waals surface area contributed by atoms with Gasteiger partial charge in [0.25, 0.3) is 0 Å². The van der Waals surface area contributed by atoms with Crippen molar-refractivity contribution < 1.29 is 27.4 Å². The molecule has 0 bridgehead atoms. The lowest BCUT2D eigenvalue weighted by molar-refractivity contribution is 0.0918. The number of sulfonamides is 1. The molecule has 1 aliphatic rings. The maximum Gasteiger partial charge on any atom is 0.409 e. The van der Waals surface area contributed by atoms with E-state index in [2.05, 4.69) is 9.62 Å². The first kappa shape index (κ1) is 20.3. The number of carbonyl (C=O) groups is 1. The molecule has 0 spiro atoms. The second-order valence-corrected chi connectivity index (χ2v) is 7.45. The first-order valence-electron chi connectivity index (χ1n) is 8.18. The summed E-state index contributed by atoms with van der Waals surface area (Å²) in [4.78, 5) is 15.2. The van der Waals surface area contributed by atoms with Gasteiger partial charge in [0.2, 0.25) is 10.0 Å². The fourth-order valence-electron chi connectivity index (χ4n) is 2.69. The third kappa shape index (κ3) is 4.99. The van der Waals surface area contributed by atoms with Crippen LogP contribution in [0.25, 0.3) is 0 Å². The third-order valence-corrected chi connectivity index (χ3v) is 5.67. The predicted molar refractivity (Wildman–Crippen MR) is 95.2 cm³/mol. The van der Waals surface area contributed by atoms with Gasteiger partial charge in [-0.3, -0.25) is 4.90 Å². The van der Waals surface area contributed by atoms with E-state index in [0.29, 0.717) is 38.5 Å². The summed E-state index contributed by atoms with van der Waals surface area (Å²) in [6.07, 6.45) is -0.338. The summed E-state index contributed by atoms with van der Waals surface area (Å²) in [5, 5.41) is 0. The van der Waals surface area contributed by atoms with Crippen LogP contribution >= 0.6 is 0 Å². The number of methoxy groups -OCH3 is 3.